The van der Waals surface area contributed by atoms with Crippen LogP contribution < -0.4 is 0 Å². The average Bonchev–Trinajstić information content (AvgIpc) is 2.61. The summed E-state index contributed by atoms with van der Waals surface area (Å²) in [6.07, 6.45) is 1.05. The molecule has 0 spiro atoms. The molecule has 2 amide bonds. The Morgan fingerprint density at radius 3 is 2.47 bits per heavy atom. The van der Waals surface area contributed by atoms with E-state index in [2.05, 4.69) is 13.8 Å². The molecule has 0 aromatic heterocycles. The van der Waals surface area contributed by atoms with E-state index in [0.717, 1.165) is 13.0 Å². The Balaban J connectivity index is 1.83. The van der Waals surface area contributed by atoms with Crippen molar-refractivity contribution in [3.63, 3.8) is 0 Å². The van der Waals surface area contributed by atoms with Gasteiger partial charge in [-0.2, -0.15) is 0 Å². The fourth-order valence-electron chi connectivity index (χ4n) is 2.97. The van der Waals surface area contributed by atoms with Gasteiger partial charge in [0.15, 0.2) is 0 Å². The SMILES string of the molecule is CC1CC(C)N(C(=O)N2CC(C)(OCC(=O)O)C2)C1. The average molecular weight is 270 g/mol. The number of rotatable bonds is 3. The molecule has 2 rings (SSSR count). The minimum atomic E-state index is -0.979. The first-order chi connectivity index (χ1) is 8.81. The minimum Gasteiger partial charge on any atom is -0.480 e. The minimum absolute atomic E-state index is 0.0493. The molecular formula is C13H22N2O4. The summed E-state index contributed by atoms with van der Waals surface area (Å²) in [7, 11) is 0. The maximum absolute atomic E-state index is 12.3. The molecule has 2 heterocycles. The normalized spacial score (nSPS) is 29.2. The molecule has 108 valence electrons. The number of ether oxygens (including phenoxy) is 1. The number of carbonyl (C=O) groups excluding carboxylic acids is 1. The van der Waals surface area contributed by atoms with Gasteiger partial charge in [0.2, 0.25) is 0 Å². The van der Waals surface area contributed by atoms with E-state index in [-0.39, 0.29) is 18.7 Å². The lowest BCUT2D eigenvalue weighted by Crippen LogP contribution is -2.65. The monoisotopic (exact) mass is 270 g/mol. The fraction of sp³-hybridized carbons (Fsp3) is 0.846. The number of carboxylic acid groups (broad SMARTS) is 1. The molecule has 6 heteroatoms. The van der Waals surface area contributed by atoms with Gasteiger partial charge in [0.05, 0.1) is 13.1 Å². The van der Waals surface area contributed by atoms with E-state index in [9.17, 15) is 9.59 Å². The molecule has 6 nitrogen and oxygen atoms in total. The van der Waals surface area contributed by atoms with Gasteiger partial charge < -0.3 is 19.6 Å². The molecule has 1 N–H and O–H groups in total. The maximum Gasteiger partial charge on any atom is 0.329 e. The highest BCUT2D eigenvalue weighted by Crippen LogP contribution is 2.29. The largest absolute Gasteiger partial charge is 0.480 e. The zero-order valence-electron chi connectivity index (χ0n) is 11.8. The summed E-state index contributed by atoms with van der Waals surface area (Å²) in [6.45, 7) is 7.50. The molecule has 0 bridgehead atoms. The summed E-state index contributed by atoms with van der Waals surface area (Å²) in [4.78, 5) is 26.4. The van der Waals surface area contributed by atoms with Gasteiger partial charge in [-0.05, 0) is 26.2 Å². The van der Waals surface area contributed by atoms with E-state index in [1.807, 2.05) is 11.8 Å². The first kappa shape index (κ1) is 14.1. The Morgan fingerprint density at radius 2 is 2.00 bits per heavy atom. The highest BCUT2D eigenvalue weighted by Gasteiger charge is 2.45. The van der Waals surface area contributed by atoms with Crippen LogP contribution in [0.5, 0.6) is 0 Å². The lowest BCUT2D eigenvalue weighted by molar-refractivity contribution is -0.160. The van der Waals surface area contributed by atoms with Crippen molar-refractivity contribution in [3.05, 3.63) is 0 Å². The van der Waals surface area contributed by atoms with Crippen LogP contribution in [0.1, 0.15) is 27.2 Å². The molecule has 2 atom stereocenters. The van der Waals surface area contributed by atoms with Gasteiger partial charge in [-0.25, -0.2) is 9.59 Å². The third-order valence-corrected chi connectivity index (χ3v) is 3.89. The number of likely N-dealkylation sites (tertiary alicyclic amines) is 2. The molecule has 2 aliphatic rings. The molecule has 0 aliphatic carbocycles. The smallest absolute Gasteiger partial charge is 0.329 e. The van der Waals surface area contributed by atoms with Gasteiger partial charge in [0.25, 0.3) is 0 Å². The van der Waals surface area contributed by atoms with Crippen LogP contribution in [0.2, 0.25) is 0 Å². The summed E-state index contributed by atoms with van der Waals surface area (Å²) < 4.78 is 5.31. The molecule has 19 heavy (non-hydrogen) atoms. The number of nitrogens with zero attached hydrogens (tertiary/aromatic N) is 2. The van der Waals surface area contributed by atoms with Crippen LogP contribution in [0, 0.1) is 5.92 Å². The van der Waals surface area contributed by atoms with Gasteiger partial charge in [-0.15, -0.1) is 0 Å². The number of carboxylic acids is 1. The van der Waals surface area contributed by atoms with Crippen molar-refractivity contribution in [1.29, 1.82) is 0 Å². The third-order valence-electron chi connectivity index (χ3n) is 3.89. The predicted molar refractivity (Wildman–Crippen MR) is 68.9 cm³/mol. The third kappa shape index (κ3) is 3.00. The Bertz CT molecular complexity index is 379. The Labute approximate surface area is 113 Å². The topological polar surface area (TPSA) is 70.1 Å². The van der Waals surface area contributed by atoms with Crippen molar-refractivity contribution < 1.29 is 19.4 Å². The van der Waals surface area contributed by atoms with Crippen molar-refractivity contribution in [1.82, 2.24) is 9.80 Å². The molecule has 0 aromatic rings. The van der Waals surface area contributed by atoms with Crippen LogP contribution in [0.3, 0.4) is 0 Å². The Hall–Kier alpha value is -1.30. The maximum atomic E-state index is 12.3. The number of hydrogen-bond donors (Lipinski definition) is 1. The molecule has 2 saturated heterocycles. The fourth-order valence-corrected chi connectivity index (χ4v) is 2.97. The van der Waals surface area contributed by atoms with Crippen LogP contribution >= 0.6 is 0 Å². The quantitative estimate of drug-likeness (QED) is 0.831. The van der Waals surface area contributed by atoms with E-state index in [4.69, 9.17) is 9.84 Å². The van der Waals surface area contributed by atoms with Crippen LogP contribution in [0.4, 0.5) is 4.79 Å². The summed E-state index contributed by atoms with van der Waals surface area (Å²) >= 11 is 0. The van der Waals surface area contributed by atoms with Crippen LogP contribution in [-0.4, -0.2) is 64.8 Å². The van der Waals surface area contributed by atoms with Gasteiger partial charge in [0.1, 0.15) is 12.2 Å². The number of aliphatic carboxylic acids is 1. The summed E-state index contributed by atoms with van der Waals surface area (Å²) in [5, 5.41) is 8.59. The molecule has 0 saturated carbocycles. The van der Waals surface area contributed by atoms with Crippen molar-refractivity contribution in [2.75, 3.05) is 26.2 Å². The molecule has 2 unspecified atom stereocenters. The van der Waals surface area contributed by atoms with E-state index in [1.165, 1.54) is 0 Å². The number of hydrogen-bond acceptors (Lipinski definition) is 3. The number of carbonyl (C=O) groups is 2. The lowest BCUT2D eigenvalue weighted by atomic mass is 9.97. The molecular weight excluding hydrogens is 248 g/mol. The summed E-state index contributed by atoms with van der Waals surface area (Å²) in [5.41, 5.74) is -0.511. The zero-order valence-corrected chi connectivity index (χ0v) is 11.8. The molecule has 2 fully saturated rings. The van der Waals surface area contributed by atoms with Crippen molar-refractivity contribution in [3.8, 4) is 0 Å². The molecule has 0 aromatic carbocycles. The van der Waals surface area contributed by atoms with Crippen LogP contribution in [0.15, 0.2) is 0 Å². The van der Waals surface area contributed by atoms with E-state index in [1.54, 1.807) is 4.90 Å². The Morgan fingerprint density at radius 1 is 1.37 bits per heavy atom. The number of urea groups is 1. The molecule has 0 radical (unpaired) electrons. The van der Waals surface area contributed by atoms with Gasteiger partial charge in [0, 0.05) is 12.6 Å². The lowest BCUT2D eigenvalue weighted by Gasteiger charge is -2.48. The second kappa shape index (κ2) is 5.00. The van der Waals surface area contributed by atoms with E-state index in [0.29, 0.717) is 19.0 Å². The van der Waals surface area contributed by atoms with Crippen molar-refractivity contribution in [2.24, 2.45) is 5.92 Å². The van der Waals surface area contributed by atoms with E-state index < -0.39 is 11.6 Å². The van der Waals surface area contributed by atoms with Crippen molar-refractivity contribution in [2.45, 2.75) is 38.8 Å². The predicted octanol–water partition coefficient (Wildman–Crippen LogP) is 1.01. The summed E-state index contributed by atoms with van der Waals surface area (Å²) in [6, 6.07) is 0.336. The van der Waals surface area contributed by atoms with Gasteiger partial charge in [-0.3, -0.25) is 0 Å². The number of amides is 2. The van der Waals surface area contributed by atoms with Gasteiger partial charge >= 0.3 is 12.0 Å². The van der Waals surface area contributed by atoms with E-state index >= 15 is 0 Å². The highest BCUT2D eigenvalue weighted by atomic mass is 16.5. The first-order valence-electron chi connectivity index (χ1n) is 6.72. The standard InChI is InChI=1S/C13H22N2O4/c1-9-4-10(2)15(5-9)12(18)14-7-13(3,8-14)19-6-11(16)17/h9-10H,4-8H2,1-3H3,(H,16,17). The Kier molecular flexibility index (Phi) is 3.71. The second-order valence-electron chi connectivity index (χ2n) is 6.11. The molecule has 2 aliphatic heterocycles. The zero-order chi connectivity index (χ0) is 14.2. The second-order valence-corrected chi connectivity index (χ2v) is 6.11. The first-order valence-corrected chi connectivity index (χ1v) is 6.72. The van der Waals surface area contributed by atoms with Crippen LogP contribution in [0.25, 0.3) is 0 Å². The van der Waals surface area contributed by atoms with Crippen LogP contribution in [-0.2, 0) is 9.53 Å². The van der Waals surface area contributed by atoms with Gasteiger partial charge in [-0.1, -0.05) is 6.92 Å². The highest BCUT2D eigenvalue weighted by molar-refractivity contribution is 5.76. The van der Waals surface area contributed by atoms with Crippen molar-refractivity contribution >= 4 is 12.0 Å². The summed E-state index contributed by atoms with van der Waals surface area (Å²) in [5.74, 6) is -0.428.